The summed E-state index contributed by atoms with van der Waals surface area (Å²) in [5.41, 5.74) is 0.865. The Morgan fingerprint density at radius 2 is 1.90 bits per heavy atom. The number of benzene rings is 1. The molecule has 1 atom stereocenters. The smallest absolute Gasteiger partial charge is 0.326 e. The molecule has 0 fully saturated rings. The number of carbonyl (C=O) groups excluding carboxylic acids is 1. The number of amides is 2. The van der Waals surface area contributed by atoms with Gasteiger partial charge in [-0.1, -0.05) is 20.8 Å². The zero-order valence-electron chi connectivity index (χ0n) is 13.0. The highest BCUT2D eigenvalue weighted by molar-refractivity contribution is 5.92. The van der Waals surface area contributed by atoms with Gasteiger partial charge in [0.1, 0.15) is 11.8 Å². The number of nitrogens with one attached hydrogen (secondary N) is 2. The van der Waals surface area contributed by atoms with Crippen LogP contribution in [0.5, 0.6) is 5.75 Å². The van der Waals surface area contributed by atoms with E-state index in [1.165, 1.54) is 0 Å². The van der Waals surface area contributed by atoms with Crippen LogP contribution in [0.1, 0.15) is 26.3 Å². The predicted octanol–water partition coefficient (Wildman–Crippen LogP) is 2.62. The maximum absolute atomic E-state index is 11.9. The van der Waals surface area contributed by atoms with Crippen LogP contribution in [0.25, 0.3) is 0 Å². The molecule has 1 rings (SSSR count). The zero-order chi connectivity index (χ0) is 16.2. The molecular formula is C15H22N2O4. The van der Waals surface area contributed by atoms with Crippen molar-refractivity contribution in [1.82, 2.24) is 5.32 Å². The first-order chi connectivity index (χ1) is 9.65. The van der Waals surface area contributed by atoms with Gasteiger partial charge in [-0.2, -0.15) is 0 Å². The van der Waals surface area contributed by atoms with Crippen LogP contribution in [0, 0.1) is 12.3 Å². The highest BCUT2D eigenvalue weighted by Gasteiger charge is 2.32. The molecule has 21 heavy (non-hydrogen) atoms. The molecule has 0 aliphatic rings. The molecule has 3 N–H and O–H groups in total. The van der Waals surface area contributed by atoms with E-state index in [-0.39, 0.29) is 0 Å². The van der Waals surface area contributed by atoms with Crippen LogP contribution in [-0.4, -0.2) is 30.3 Å². The summed E-state index contributed by atoms with van der Waals surface area (Å²) in [5.74, 6) is -0.345. The summed E-state index contributed by atoms with van der Waals surface area (Å²) in [7, 11) is 1.57. The molecule has 0 aromatic heterocycles. The summed E-state index contributed by atoms with van der Waals surface area (Å²) >= 11 is 0. The van der Waals surface area contributed by atoms with E-state index >= 15 is 0 Å². The van der Waals surface area contributed by atoms with Crippen molar-refractivity contribution in [3.8, 4) is 5.75 Å². The number of ether oxygens (including phenoxy) is 1. The average Bonchev–Trinajstić information content (AvgIpc) is 2.34. The van der Waals surface area contributed by atoms with Crippen molar-refractivity contribution in [2.24, 2.45) is 5.41 Å². The van der Waals surface area contributed by atoms with Gasteiger partial charge >= 0.3 is 12.0 Å². The van der Waals surface area contributed by atoms with Crippen molar-refractivity contribution in [3.63, 3.8) is 0 Å². The van der Waals surface area contributed by atoms with E-state index in [4.69, 9.17) is 4.74 Å². The first-order valence-corrected chi connectivity index (χ1v) is 6.60. The topological polar surface area (TPSA) is 87.7 Å². The van der Waals surface area contributed by atoms with Gasteiger partial charge in [0.05, 0.1) is 7.11 Å². The number of hydrogen-bond donors (Lipinski definition) is 3. The van der Waals surface area contributed by atoms with Crippen LogP contribution in [0.3, 0.4) is 0 Å². The molecule has 1 aromatic carbocycles. The number of carboxylic acids is 1. The quantitative estimate of drug-likeness (QED) is 0.796. The van der Waals surface area contributed by atoms with Gasteiger partial charge in [-0.15, -0.1) is 0 Å². The second-order valence-corrected chi connectivity index (χ2v) is 5.92. The SMILES string of the molecule is COc1ccc(NC(=O)N[C@@H](C(=O)O)C(C)(C)C)cc1C. The Balaban J connectivity index is 2.77. The number of carboxylic acid groups (broad SMARTS) is 1. The number of urea groups is 1. The minimum absolute atomic E-state index is 0.554. The molecular weight excluding hydrogens is 272 g/mol. The van der Waals surface area contributed by atoms with E-state index in [1.807, 2.05) is 6.92 Å². The van der Waals surface area contributed by atoms with E-state index in [1.54, 1.807) is 46.1 Å². The first kappa shape index (κ1) is 16.8. The van der Waals surface area contributed by atoms with Gasteiger partial charge in [-0.3, -0.25) is 0 Å². The lowest BCUT2D eigenvalue weighted by Crippen LogP contribution is -2.50. The maximum Gasteiger partial charge on any atom is 0.326 e. The third-order valence-electron chi connectivity index (χ3n) is 3.04. The van der Waals surface area contributed by atoms with Gasteiger partial charge in [0, 0.05) is 5.69 Å². The predicted molar refractivity (Wildman–Crippen MR) is 80.8 cm³/mol. The summed E-state index contributed by atoms with van der Waals surface area (Å²) in [4.78, 5) is 23.1. The number of rotatable bonds is 4. The third-order valence-corrected chi connectivity index (χ3v) is 3.04. The van der Waals surface area contributed by atoms with Crippen molar-refractivity contribution in [2.75, 3.05) is 12.4 Å². The van der Waals surface area contributed by atoms with E-state index < -0.39 is 23.5 Å². The summed E-state index contributed by atoms with van der Waals surface area (Å²) < 4.78 is 5.14. The molecule has 0 radical (unpaired) electrons. The largest absolute Gasteiger partial charge is 0.496 e. The molecule has 2 amide bonds. The Kier molecular flexibility index (Phi) is 5.18. The monoisotopic (exact) mass is 294 g/mol. The number of aryl methyl sites for hydroxylation is 1. The van der Waals surface area contributed by atoms with E-state index in [0.717, 1.165) is 11.3 Å². The normalized spacial score (nSPS) is 12.4. The number of hydrogen-bond acceptors (Lipinski definition) is 3. The molecule has 0 aliphatic heterocycles. The molecule has 6 heteroatoms. The summed E-state index contributed by atoms with van der Waals surface area (Å²) in [6.07, 6.45) is 0. The van der Waals surface area contributed by atoms with Crippen LogP contribution < -0.4 is 15.4 Å². The Hall–Kier alpha value is -2.24. The number of methoxy groups -OCH3 is 1. The summed E-state index contributed by atoms with van der Waals surface area (Å²) in [6, 6.07) is 3.66. The van der Waals surface area contributed by atoms with Gasteiger partial charge in [-0.25, -0.2) is 9.59 Å². The molecule has 6 nitrogen and oxygen atoms in total. The van der Waals surface area contributed by atoms with Crippen molar-refractivity contribution >= 4 is 17.7 Å². The fourth-order valence-electron chi connectivity index (χ4n) is 1.90. The van der Waals surface area contributed by atoms with Crippen LogP contribution in [-0.2, 0) is 4.79 Å². The highest BCUT2D eigenvalue weighted by Crippen LogP contribution is 2.22. The van der Waals surface area contributed by atoms with Crippen LogP contribution >= 0.6 is 0 Å². The Morgan fingerprint density at radius 1 is 1.29 bits per heavy atom. The van der Waals surface area contributed by atoms with Crippen LogP contribution in [0.15, 0.2) is 18.2 Å². The molecule has 0 aliphatic carbocycles. The van der Waals surface area contributed by atoms with E-state index in [2.05, 4.69) is 10.6 Å². The fourth-order valence-corrected chi connectivity index (χ4v) is 1.90. The average molecular weight is 294 g/mol. The van der Waals surface area contributed by atoms with Gasteiger partial charge in [0.25, 0.3) is 0 Å². The molecule has 116 valence electrons. The van der Waals surface area contributed by atoms with Crippen LogP contribution in [0.2, 0.25) is 0 Å². The minimum atomic E-state index is -1.07. The second kappa shape index (κ2) is 6.47. The van der Waals surface area contributed by atoms with E-state index in [9.17, 15) is 14.7 Å². The molecule has 0 spiro atoms. The number of aliphatic carboxylic acids is 1. The summed E-state index contributed by atoms with van der Waals surface area (Å²) in [5, 5.41) is 14.3. The lowest BCUT2D eigenvalue weighted by Gasteiger charge is -2.27. The van der Waals surface area contributed by atoms with Crippen molar-refractivity contribution in [1.29, 1.82) is 0 Å². The molecule has 1 aromatic rings. The van der Waals surface area contributed by atoms with Crippen LogP contribution in [0.4, 0.5) is 10.5 Å². The lowest BCUT2D eigenvalue weighted by atomic mass is 9.87. The molecule has 0 saturated heterocycles. The van der Waals surface area contributed by atoms with Crippen molar-refractivity contribution in [3.05, 3.63) is 23.8 Å². The molecule has 0 saturated carbocycles. The molecule has 0 bridgehead atoms. The first-order valence-electron chi connectivity index (χ1n) is 6.60. The van der Waals surface area contributed by atoms with Crippen molar-refractivity contribution < 1.29 is 19.4 Å². The maximum atomic E-state index is 11.9. The minimum Gasteiger partial charge on any atom is -0.496 e. The fraction of sp³-hybridized carbons (Fsp3) is 0.467. The Bertz CT molecular complexity index is 535. The van der Waals surface area contributed by atoms with E-state index in [0.29, 0.717) is 5.69 Å². The molecule has 0 unspecified atom stereocenters. The number of carbonyl (C=O) groups is 2. The van der Waals surface area contributed by atoms with Gasteiger partial charge in [0.15, 0.2) is 0 Å². The Morgan fingerprint density at radius 3 is 2.33 bits per heavy atom. The van der Waals surface area contributed by atoms with Gasteiger partial charge in [0.2, 0.25) is 0 Å². The van der Waals surface area contributed by atoms with Gasteiger partial charge in [-0.05, 0) is 36.1 Å². The standard InChI is InChI=1S/C15H22N2O4/c1-9-8-10(6-7-11(9)21-5)16-14(20)17-12(13(18)19)15(2,3)4/h6-8,12H,1-5H3,(H,18,19)(H2,16,17,20)/t12-/m0/s1. The second-order valence-electron chi connectivity index (χ2n) is 5.92. The van der Waals surface area contributed by atoms with Gasteiger partial charge < -0.3 is 20.5 Å². The van der Waals surface area contributed by atoms with Crippen molar-refractivity contribution in [2.45, 2.75) is 33.7 Å². The highest BCUT2D eigenvalue weighted by atomic mass is 16.5. The summed E-state index contributed by atoms with van der Waals surface area (Å²) in [6.45, 7) is 7.12. The third kappa shape index (κ3) is 4.66. The lowest BCUT2D eigenvalue weighted by molar-refractivity contribution is -0.141. The molecule has 0 heterocycles. The Labute approximate surface area is 124 Å². The zero-order valence-corrected chi connectivity index (χ0v) is 13.0. The number of anilines is 1.